The van der Waals surface area contributed by atoms with Gasteiger partial charge in [0, 0.05) is 12.2 Å². The Bertz CT molecular complexity index is 460. The number of nitrogens with two attached hydrogens (primary N) is 1. The van der Waals surface area contributed by atoms with Gasteiger partial charge >= 0.3 is 0 Å². The smallest absolute Gasteiger partial charge is 0.254 e. The van der Waals surface area contributed by atoms with Crippen molar-refractivity contribution >= 4 is 5.91 Å². The van der Waals surface area contributed by atoms with Crippen LogP contribution >= 0.6 is 0 Å². The highest BCUT2D eigenvalue weighted by atomic mass is 16.5. The first-order chi connectivity index (χ1) is 9.22. The lowest BCUT2D eigenvalue weighted by atomic mass is 10.1. The van der Waals surface area contributed by atoms with Gasteiger partial charge in [0.2, 0.25) is 5.88 Å². The lowest BCUT2D eigenvalue weighted by Gasteiger charge is -2.11. The molecule has 0 saturated heterocycles. The first-order valence-corrected chi connectivity index (χ1v) is 6.88. The average molecular weight is 263 g/mol. The summed E-state index contributed by atoms with van der Waals surface area (Å²) in [5.41, 5.74) is 7.96. The van der Waals surface area contributed by atoms with E-state index in [0.717, 1.165) is 50.0 Å². The number of aromatic nitrogens is 1. The molecule has 5 nitrogen and oxygen atoms in total. The molecular formula is C14H21N3O2. The van der Waals surface area contributed by atoms with Crippen LogP contribution in [0.4, 0.5) is 0 Å². The summed E-state index contributed by atoms with van der Waals surface area (Å²) in [6, 6.07) is 1.84. The second-order valence-electron chi connectivity index (χ2n) is 4.76. The van der Waals surface area contributed by atoms with Gasteiger partial charge in [0.15, 0.2) is 0 Å². The zero-order valence-electron chi connectivity index (χ0n) is 11.4. The summed E-state index contributed by atoms with van der Waals surface area (Å²) in [4.78, 5) is 15.9. The molecule has 0 atom stereocenters. The van der Waals surface area contributed by atoms with Gasteiger partial charge in [-0.25, -0.2) is 4.98 Å². The molecule has 19 heavy (non-hydrogen) atoms. The van der Waals surface area contributed by atoms with Crippen LogP contribution < -0.4 is 15.8 Å². The number of hydrogen-bond donors (Lipinski definition) is 2. The molecule has 3 N–H and O–H groups in total. The third-order valence-corrected chi connectivity index (χ3v) is 3.23. The number of pyridine rings is 1. The SMILES string of the molecule is CCCNCCOc1nc2c(cc1C(N)=O)CCC2. The standard InChI is InChI=1S/C14H21N3O2/c1-2-6-16-7-8-19-14-11(13(15)18)9-10-4-3-5-12(10)17-14/h9,16H,2-8H2,1H3,(H2,15,18). The average Bonchev–Trinajstić information content (AvgIpc) is 2.84. The van der Waals surface area contributed by atoms with E-state index in [-0.39, 0.29) is 0 Å². The van der Waals surface area contributed by atoms with Crippen molar-refractivity contribution in [2.75, 3.05) is 19.7 Å². The largest absolute Gasteiger partial charge is 0.476 e. The molecule has 0 bridgehead atoms. The molecule has 2 rings (SSSR count). The van der Waals surface area contributed by atoms with Crippen molar-refractivity contribution in [3.05, 3.63) is 22.9 Å². The Morgan fingerprint density at radius 2 is 2.32 bits per heavy atom. The molecule has 1 aromatic heterocycles. The highest BCUT2D eigenvalue weighted by Crippen LogP contribution is 2.26. The minimum absolute atomic E-state index is 0.381. The molecule has 1 aromatic rings. The topological polar surface area (TPSA) is 77.2 Å². The van der Waals surface area contributed by atoms with E-state index in [9.17, 15) is 4.79 Å². The van der Waals surface area contributed by atoms with Crippen LogP contribution in [0.5, 0.6) is 5.88 Å². The first kappa shape index (κ1) is 13.8. The van der Waals surface area contributed by atoms with Crippen LogP contribution in [0, 0.1) is 0 Å². The van der Waals surface area contributed by atoms with E-state index in [2.05, 4.69) is 17.2 Å². The van der Waals surface area contributed by atoms with E-state index < -0.39 is 5.91 Å². The summed E-state index contributed by atoms with van der Waals surface area (Å²) >= 11 is 0. The Hall–Kier alpha value is -1.62. The molecule has 5 heteroatoms. The summed E-state index contributed by atoms with van der Waals surface area (Å²) in [5, 5.41) is 3.24. The highest BCUT2D eigenvalue weighted by Gasteiger charge is 2.19. The van der Waals surface area contributed by atoms with Crippen molar-refractivity contribution in [2.24, 2.45) is 5.73 Å². The second kappa shape index (κ2) is 6.52. The monoisotopic (exact) mass is 263 g/mol. The number of nitrogens with zero attached hydrogens (tertiary/aromatic N) is 1. The van der Waals surface area contributed by atoms with Crippen LogP contribution in [-0.2, 0) is 12.8 Å². The van der Waals surface area contributed by atoms with Gasteiger partial charge in [-0.1, -0.05) is 6.92 Å². The highest BCUT2D eigenvalue weighted by molar-refractivity contribution is 5.95. The molecule has 0 spiro atoms. The minimum Gasteiger partial charge on any atom is -0.476 e. The zero-order valence-corrected chi connectivity index (χ0v) is 11.4. The van der Waals surface area contributed by atoms with Gasteiger partial charge in [0.25, 0.3) is 5.91 Å². The molecule has 0 unspecified atom stereocenters. The maximum atomic E-state index is 11.4. The molecular weight excluding hydrogens is 242 g/mol. The van der Waals surface area contributed by atoms with Crippen molar-refractivity contribution < 1.29 is 9.53 Å². The summed E-state index contributed by atoms with van der Waals surface area (Å²) < 4.78 is 5.60. The van der Waals surface area contributed by atoms with Crippen LogP contribution in [0.3, 0.4) is 0 Å². The van der Waals surface area contributed by atoms with Gasteiger partial charge in [-0.2, -0.15) is 0 Å². The van der Waals surface area contributed by atoms with Crippen molar-refractivity contribution in [1.29, 1.82) is 0 Å². The normalized spacial score (nSPS) is 13.3. The molecule has 1 aliphatic rings. The zero-order chi connectivity index (χ0) is 13.7. The summed E-state index contributed by atoms with van der Waals surface area (Å²) in [6.07, 6.45) is 4.10. The lowest BCUT2D eigenvalue weighted by Crippen LogP contribution is -2.23. The van der Waals surface area contributed by atoms with Crippen LogP contribution in [0.2, 0.25) is 0 Å². The summed E-state index contributed by atoms with van der Waals surface area (Å²) in [7, 11) is 0. The number of fused-ring (bicyclic) bond motifs is 1. The maximum absolute atomic E-state index is 11.4. The Morgan fingerprint density at radius 1 is 1.47 bits per heavy atom. The molecule has 1 heterocycles. The van der Waals surface area contributed by atoms with E-state index in [1.807, 2.05) is 6.07 Å². The summed E-state index contributed by atoms with van der Waals surface area (Å²) in [5.74, 6) is -0.0924. The molecule has 0 aliphatic heterocycles. The number of amides is 1. The molecule has 0 radical (unpaired) electrons. The minimum atomic E-state index is -0.473. The van der Waals surface area contributed by atoms with E-state index >= 15 is 0 Å². The maximum Gasteiger partial charge on any atom is 0.254 e. The van der Waals surface area contributed by atoms with Gasteiger partial charge in [0.1, 0.15) is 12.2 Å². The molecule has 1 amide bonds. The third-order valence-electron chi connectivity index (χ3n) is 3.23. The molecule has 104 valence electrons. The van der Waals surface area contributed by atoms with Crippen molar-refractivity contribution in [2.45, 2.75) is 32.6 Å². The van der Waals surface area contributed by atoms with E-state index in [4.69, 9.17) is 10.5 Å². The number of aryl methyl sites for hydroxylation is 2. The third kappa shape index (κ3) is 3.44. The fraction of sp³-hybridized carbons (Fsp3) is 0.571. The van der Waals surface area contributed by atoms with Crippen LogP contribution in [-0.4, -0.2) is 30.6 Å². The van der Waals surface area contributed by atoms with Crippen molar-refractivity contribution in [1.82, 2.24) is 10.3 Å². The van der Waals surface area contributed by atoms with Crippen molar-refractivity contribution in [3.63, 3.8) is 0 Å². The molecule has 0 aromatic carbocycles. The van der Waals surface area contributed by atoms with E-state index in [0.29, 0.717) is 18.1 Å². The second-order valence-corrected chi connectivity index (χ2v) is 4.76. The predicted octanol–water partition coefficient (Wildman–Crippen LogP) is 1.05. The lowest BCUT2D eigenvalue weighted by molar-refractivity contribution is 0.0995. The number of hydrogen-bond acceptors (Lipinski definition) is 4. The number of primary amides is 1. The molecule has 0 saturated carbocycles. The van der Waals surface area contributed by atoms with E-state index in [1.54, 1.807) is 0 Å². The van der Waals surface area contributed by atoms with E-state index in [1.165, 1.54) is 0 Å². The van der Waals surface area contributed by atoms with Crippen LogP contribution in [0.25, 0.3) is 0 Å². The quantitative estimate of drug-likeness (QED) is 0.721. The molecule has 0 fully saturated rings. The fourth-order valence-corrected chi connectivity index (χ4v) is 2.26. The van der Waals surface area contributed by atoms with Crippen molar-refractivity contribution in [3.8, 4) is 5.88 Å². The van der Waals surface area contributed by atoms with Gasteiger partial charge in [-0.3, -0.25) is 4.79 Å². The fourth-order valence-electron chi connectivity index (χ4n) is 2.26. The van der Waals surface area contributed by atoms with Crippen LogP contribution in [0.1, 0.15) is 41.4 Å². The first-order valence-electron chi connectivity index (χ1n) is 6.88. The Morgan fingerprint density at radius 3 is 3.05 bits per heavy atom. The van der Waals surface area contributed by atoms with Gasteiger partial charge < -0.3 is 15.8 Å². The number of ether oxygens (including phenoxy) is 1. The Labute approximate surface area is 113 Å². The molecule has 1 aliphatic carbocycles. The van der Waals surface area contributed by atoms with Gasteiger partial charge in [-0.15, -0.1) is 0 Å². The van der Waals surface area contributed by atoms with Gasteiger partial charge in [-0.05, 0) is 43.9 Å². The van der Waals surface area contributed by atoms with Gasteiger partial charge in [0.05, 0.1) is 0 Å². The van der Waals surface area contributed by atoms with Crippen LogP contribution in [0.15, 0.2) is 6.07 Å². The predicted molar refractivity (Wildman–Crippen MR) is 73.4 cm³/mol. The number of carbonyl (C=O) groups is 1. The number of rotatable bonds is 7. The Balaban J connectivity index is 2.03. The Kier molecular flexibility index (Phi) is 4.74. The number of carbonyl (C=O) groups excluding carboxylic acids is 1. The number of nitrogens with one attached hydrogen (secondary N) is 1. The summed E-state index contributed by atoms with van der Waals surface area (Å²) in [6.45, 7) is 4.31.